The van der Waals surface area contributed by atoms with Crippen molar-refractivity contribution in [2.75, 3.05) is 25.1 Å². The Morgan fingerprint density at radius 3 is 2.75 bits per heavy atom. The van der Waals surface area contributed by atoms with Gasteiger partial charge in [0.05, 0.1) is 18.7 Å². The van der Waals surface area contributed by atoms with E-state index in [0.29, 0.717) is 6.42 Å². The number of anilines is 1. The van der Waals surface area contributed by atoms with Gasteiger partial charge in [-0.3, -0.25) is 4.79 Å². The standard InChI is InChI=1S/C23H25FN2O2/c1-3-6-21-23(11-13-25-14-12-23)18-15-16(28-2)9-10-20(18)26(21)22(27)17-7-4-5-8-19(17)24/h3-5,7-10,15,21,25H,1,6,11-14H2,2H3. The highest BCUT2D eigenvalue weighted by Crippen LogP contribution is 2.53. The maximum atomic E-state index is 14.4. The Bertz CT molecular complexity index is 905. The summed E-state index contributed by atoms with van der Waals surface area (Å²) < 4.78 is 19.9. The van der Waals surface area contributed by atoms with Crippen molar-refractivity contribution in [3.05, 3.63) is 72.1 Å². The first kappa shape index (κ1) is 18.7. The van der Waals surface area contributed by atoms with Crippen LogP contribution in [0.1, 0.15) is 35.2 Å². The lowest BCUT2D eigenvalue weighted by molar-refractivity contribution is 0.0960. The minimum absolute atomic E-state index is 0.0960. The first-order valence-corrected chi connectivity index (χ1v) is 9.70. The topological polar surface area (TPSA) is 41.6 Å². The van der Waals surface area contributed by atoms with Crippen LogP contribution in [0, 0.1) is 5.82 Å². The molecule has 1 atom stereocenters. The van der Waals surface area contributed by atoms with Crippen LogP contribution in [0.2, 0.25) is 0 Å². The van der Waals surface area contributed by atoms with Crippen molar-refractivity contribution in [2.24, 2.45) is 0 Å². The number of carbonyl (C=O) groups excluding carboxylic acids is 1. The third-order valence-corrected chi connectivity index (χ3v) is 6.16. The van der Waals surface area contributed by atoms with Crippen LogP contribution in [0.4, 0.5) is 10.1 Å². The van der Waals surface area contributed by atoms with Gasteiger partial charge >= 0.3 is 0 Å². The molecule has 0 bridgehead atoms. The molecule has 2 aliphatic rings. The predicted octanol–water partition coefficient (Wildman–Crippen LogP) is 4.06. The molecule has 1 amide bonds. The minimum atomic E-state index is -0.494. The van der Waals surface area contributed by atoms with E-state index in [-0.39, 0.29) is 22.9 Å². The van der Waals surface area contributed by atoms with Crippen LogP contribution in [0.5, 0.6) is 5.75 Å². The number of halogens is 1. The third kappa shape index (κ3) is 2.81. The molecule has 1 unspecified atom stereocenters. The minimum Gasteiger partial charge on any atom is -0.497 e. The van der Waals surface area contributed by atoms with Gasteiger partial charge in [0.25, 0.3) is 5.91 Å². The zero-order valence-corrected chi connectivity index (χ0v) is 16.1. The highest BCUT2D eigenvalue weighted by Gasteiger charge is 2.52. The molecule has 1 N–H and O–H groups in total. The number of hydrogen-bond donors (Lipinski definition) is 1. The number of carbonyl (C=O) groups is 1. The fourth-order valence-electron chi connectivity index (χ4n) is 4.83. The maximum absolute atomic E-state index is 14.4. The average Bonchev–Trinajstić information content (AvgIpc) is 2.97. The molecule has 0 saturated carbocycles. The van der Waals surface area contributed by atoms with Gasteiger partial charge in [-0.25, -0.2) is 4.39 Å². The molecule has 0 aromatic heterocycles. The largest absolute Gasteiger partial charge is 0.497 e. The van der Waals surface area contributed by atoms with E-state index in [9.17, 15) is 9.18 Å². The Labute approximate surface area is 165 Å². The molecule has 5 heteroatoms. The second-order valence-corrected chi connectivity index (χ2v) is 7.48. The number of hydrogen-bond acceptors (Lipinski definition) is 3. The molecular weight excluding hydrogens is 355 g/mol. The first-order valence-electron chi connectivity index (χ1n) is 9.70. The Kier molecular flexibility index (Phi) is 4.94. The predicted molar refractivity (Wildman–Crippen MR) is 109 cm³/mol. The SMILES string of the molecule is C=CCC1N(C(=O)c2ccccc2F)c2ccc(OC)cc2C12CCNCC2. The number of fused-ring (bicyclic) bond motifs is 2. The van der Waals surface area contributed by atoms with Crippen LogP contribution in [-0.4, -0.2) is 32.1 Å². The van der Waals surface area contributed by atoms with Crippen LogP contribution < -0.4 is 15.0 Å². The number of nitrogens with one attached hydrogen (secondary N) is 1. The van der Waals surface area contributed by atoms with Crippen molar-refractivity contribution in [1.29, 1.82) is 0 Å². The highest BCUT2D eigenvalue weighted by molar-refractivity contribution is 6.08. The number of methoxy groups -OCH3 is 1. The summed E-state index contributed by atoms with van der Waals surface area (Å²) in [6.45, 7) is 5.69. The van der Waals surface area contributed by atoms with Crippen molar-refractivity contribution < 1.29 is 13.9 Å². The van der Waals surface area contributed by atoms with E-state index < -0.39 is 5.82 Å². The van der Waals surface area contributed by atoms with Crippen LogP contribution >= 0.6 is 0 Å². The molecule has 0 radical (unpaired) electrons. The summed E-state index contributed by atoms with van der Waals surface area (Å²) in [5.74, 6) is -0.0212. The second kappa shape index (κ2) is 7.40. The number of ether oxygens (including phenoxy) is 1. The lowest BCUT2D eigenvalue weighted by Crippen LogP contribution is -2.52. The monoisotopic (exact) mass is 380 g/mol. The third-order valence-electron chi connectivity index (χ3n) is 6.16. The van der Waals surface area contributed by atoms with E-state index in [4.69, 9.17) is 4.74 Å². The molecule has 0 aliphatic carbocycles. The van der Waals surface area contributed by atoms with Crippen LogP contribution in [0.3, 0.4) is 0 Å². The molecule has 4 nitrogen and oxygen atoms in total. The fourth-order valence-corrected chi connectivity index (χ4v) is 4.83. The van der Waals surface area contributed by atoms with Gasteiger partial charge in [0.15, 0.2) is 0 Å². The molecule has 2 aromatic carbocycles. The van der Waals surface area contributed by atoms with E-state index in [0.717, 1.165) is 42.9 Å². The number of benzene rings is 2. The number of nitrogens with zero attached hydrogens (tertiary/aromatic N) is 1. The summed E-state index contributed by atoms with van der Waals surface area (Å²) in [6, 6.07) is 11.9. The van der Waals surface area contributed by atoms with E-state index in [1.165, 1.54) is 6.07 Å². The number of piperidine rings is 1. The number of amides is 1. The van der Waals surface area contributed by atoms with Gasteiger partial charge in [0.2, 0.25) is 0 Å². The lowest BCUT2D eigenvalue weighted by Gasteiger charge is -2.41. The molecule has 146 valence electrons. The molecule has 1 fully saturated rings. The molecule has 2 aromatic rings. The molecule has 2 heterocycles. The van der Waals surface area contributed by atoms with Gasteiger partial charge in [-0.05, 0) is 68.2 Å². The molecule has 1 saturated heterocycles. The fraction of sp³-hybridized carbons (Fsp3) is 0.348. The van der Waals surface area contributed by atoms with Gasteiger partial charge in [-0.1, -0.05) is 18.2 Å². The van der Waals surface area contributed by atoms with E-state index in [1.807, 2.05) is 24.3 Å². The summed E-state index contributed by atoms with van der Waals surface area (Å²) >= 11 is 0. The van der Waals surface area contributed by atoms with E-state index >= 15 is 0 Å². The van der Waals surface area contributed by atoms with Crippen molar-refractivity contribution in [1.82, 2.24) is 5.32 Å². The molecular formula is C23H25FN2O2. The summed E-state index contributed by atoms with van der Waals surface area (Å²) in [6.07, 6.45) is 4.33. The summed E-state index contributed by atoms with van der Waals surface area (Å²) in [5.41, 5.74) is 1.88. The van der Waals surface area contributed by atoms with Gasteiger partial charge in [0.1, 0.15) is 11.6 Å². The quantitative estimate of drug-likeness (QED) is 0.814. The molecule has 1 spiro atoms. The Hall–Kier alpha value is -2.66. The van der Waals surface area contributed by atoms with Crippen LogP contribution in [-0.2, 0) is 5.41 Å². The van der Waals surface area contributed by atoms with Gasteiger partial charge in [-0.15, -0.1) is 6.58 Å². The first-order chi connectivity index (χ1) is 13.6. The summed E-state index contributed by atoms with van der Waals surface area (Å²) in [7, 11) is 1.65. The average molecular weight is 380 g/mol. The second-order valence-electron chi connectivity index (χ2n) is 7.48. The van der Waals surface area contributed by atoms with Crippen LogP contribution in [0.25, 0.3) is 0 Å². The zero-order valence-electron chi connectivity index (χ0n) is 16.1. The lowest BCUT2D eigenvalue weighted by atomic mass is 9.69. The smallest absolute Gasteiger partial charge is 0.261 e. The molecule has 2 aliphatic heterocycles. The number of rotatable bonds is 4. The highest BCUT2D eigenvalue weighted by atomic mass is 19.1. The zero-order chi connectivity index (χ0) is 19.7. The van der Waals surface area contributed by atoms with Crippen molar-refractivity contribution >= 4 is 11.6 Å². The van der Waals surface area contributed by atoms with Crippen molar-refractivity contribution in [3.63, 3.8) is 0 Å². The van der Waals surface area contributed by atoms with E-state index in [2.05, 4.69) is 11.9 Å². The van der Waals surface area contributed by atoms with Crippen molar-refractivity contribution in [3.8, 4) is 5.75 Å². The maximum Gasteiger partial charge on any atom is 0.261 e. The van der Waals surface area contributed by atoms with Crippen molar-refractivity contribution in [2.45, 2.75) is 30.7 Å². The summed E-state index contributed by atoms with van der Waals surface area (Å²) in [5, 5.41) is 3.42. The van der Waals surface area contributed by atoms with Gasteiger partial charge in [-0.2, -0.15) is 0 Å². The van der Waals surface area contributed by atoms with Crippen LogP contribution in [0.15, 0.2) is 55.1 Å². The van der Waals surface area contributed by atoms with Gasteiger partial charge in [0, 0.05) is 11.1 Å². The summed E-state index contributed by atoms with van der Waals surface area (Å²) in [4.78, 5) is 15.3. The Balaban J connectivity index is 1.89. The Morgan fingerprint density at radius 2 is 2.07 bits per heavy atom. The van der Waals surface area contributed by atoms with E-state index in [1.54, 1.807) is 30.2 Å². The Morgan fingerprint density at radius 1 is 1.32 bits per heavy atom. The molecule has 4 rings (SSSR count). The van der Waals surface area contributed by atoms with Gasteiger partial charge < -0.3 is 15.0 Å². The normalized spacial score (nSPS) is 20.1. The molecule has 28 heavy (non-hydrogen) atoms.